The molecule has 1 rings (SSSR count). The molecule has 0 aromatic heterocycles. The molecule has 18 heavy (non-hydrogen) atoms. The van der Waals surface area contributed by atoms with Crippen molar-refractivity contribution in [3.63, 3.8) is 0 Å². The van der Waals surface area contributed by atoms with E-state index in [9.17, 15) is 4.79 Å². The summed E-state index contributed by atoms with van der Waals surface area (Å²) >= 11 is 0. The molecule has 0 bridgehead atoms. The Kier molecular flexibility index (Phi) is 4.52. The van der Waals surface area contributed by atoms with Crippen molar-refractivity contribution in [2.45, 2.75) is 34.1 Å². The second kappa shape index (κ2) is 5.53. The summed E-state index contributed by atoms with van der Waals surface area (Å²) in [6, 6.07) is 3.82. The van der Waals surface area contributed by atoms with Crippen molar-refractivity contribution in [3.05, 3.63) is 28.8 Å². The number of nitrogens with two attached hydrogens (primary N) is 1. The van der Waals surface area contributed by atoms with Gasteiger partial charge in [-0.05, 0) is 49.1 Å². The SMILES string of the molecule is COc1cc(C)c(C)cc1C(=O)CC(C)(C)CN. The molecule has 2 N–H and O–H groups in total. The van der Waals surface area contributed by atoms with Crippen LogP contribution in [0.25, 0.3) is 0 Å². The normalized spacial score (nSPS) is 11.4. The van der Waals surface area contributed by atoms with E-state index in [-0.39, 0.29) is 11.2 Å². The fraction of sp³-hybridized carbons (Fsp3) is 0.533. The third-order valence-electron chi connectivity index (χ3n) is 3.31. The van der Waals surface area contributed by atoms with Gasteiger partial charge < -0.3 is 10.5 Å². The second-order valence-electron chi connectivity index (χ2n) is 5.61. The summed E-state index contributed by atoms with van der Waals surface area (Å²) in [5.74, 6) is 0.737. The predicted molar refractivity (Wildman–Crippen MR) is 74.3 cm³/mol. The van der Waals surface area contributed by atoms with Crippen LogP contribution in [0.5, 0.6) is 5.75 Å². The molecule has 0 aliphatic rings. The number of hydrogen-bond acceptors (Lipinski definition) is 3. The van der Waals surface area contributed by atoms with Crippen LogP contribution in [0, 0.1) is 19.3 Å². The van der Waals surface area contributed by atoms with E-state index in [0.717, 1.165) is 11.1 Å². The fourth-order valence-electron chi connectivity index (χ4n) is 1.78. The molecule has 0 radical (unpaired) electrons. The minimum atomic E-state index is -0.180. The molecule has 0 unspecified atom stereocenters. The summed E-state index contributed by atoms with van der Waals surface area (Å²) in [5, 5.41) is 0. The largest absolute Gasteiger partial charge is 0.496 e. The van der Waals surface area contributed by atoms with Gasteiger partial charge in [0.2, 0.25) is 0 Å². The highest BCUT2D eigenvalue weighted by molar-refractivity contribution is 5.99. The first kappa shape index (κ1) is 14.7. The molecule has 3 heteroatoms. The lowest BCUT2D eigenvalue weighted by Gasteiger charge is -2.22. The van der Waals surface area contributed by atoms with Crippen molar-refractivity contribution in [2.24, 2.45) is 11.1 Å². The van der Waals surface area contributed by atoms with Crippen LogP contribution in [0.4, 0.5) is 0 Å². The zero-order valence-corrected chi connectivity index (χ0v) is 12.0. The molecule has 1 aromatic carbocycles. The van der Waals surface area contributed by atoms with E-state index in [4.69, 9.17) is 10.5 Å². The van der Waals surface area contributed by atoms with Crippen LogP contribution in [0.15, 0.2) is 12.1 Å². The maximum Gasteiger partial charge on any atom is 0.167 e. The molecule has 0 heterocycles. The van der Waals surface area contributed by atoms with Gasteiger partial charge in [-0.15, -0.1) is 0 Å². The van der Waals surface area contributed by atoms with Gasteiger partial charge >= 0.3 is 0 Å². The third kappa shape index (κ3) is 3.33. The van der Waals surface area contributed by atoms with Crippen LogP contribution in [0.2, 0.25) is 0 Å². The molecular formula is C15H23NO2. The van der Waals surface area contributed by atoms with Gasteiger partial charge in [0.05, 0.1) is 12.7 Å². The van der Waals surface area contributed by atoms with Gasteiger partial charge in [0, 0.05) is 6.42 Å². The Morgan fingerprint density at radius 3 is 2.33 bits per heavy atom. The molecule has 3 nitrogen and oxygen atoms in total. The molecule has 0 atom stereocenters. The average molecular weight is 249 g/mol. The number of benzene rings is 1. The second-order valence-corrected chi connectivity index (χ2v) is 5.61. The van der Waals surface area contributed by atoms with Gasteiger partial charge in [-0.1, -0.05) is 13.8 Å². The summed E-state index contributed by atoms with van der Waals surface area (Å²) in [5.41, 5.74) is 8.38. The molecule has 0 amide bonds. The number of Topliss-reactive ketones (excluding diaryl/α,β-unsaturated/α-hetero) is 1. The molecule has 0 saturated carbocycles. The van der Waals surface area contributed by atoms with Gasteiger partial charge in [0.1, 0.15) is 5.75 Å². The van der Waals surface area contributed by atoms with Crippen molar-refractivity contribution in [2.75, 3.05) is 13.7 Å². The topological polar surface area (TPSA) is 52.3 Å². The number of carbonyl (C=O) groups is 1. The van der Waals surface area contributed by atoms with Crippen LogP contribution in [0.3, 0.4) is 0 Å². The van der Waals surface area contributed by atoms with E-state index in [0.29, 0.717) is 24.3 Å². The summed E-state index contributed by atoms with van der Waals surface area (Å²) in [4.78, 5) is 12.3. The van der Waals surface area contributed by atoms with Gasteiger partial charge in [-0.3, -0.25) is 4.79 Å². The highest BCUT2D eigenvalue weighted by atomic mass is 16.5. The van der Waals surface area contributed by atoms with Crippen molar-refractivity contribution in [1.82, 2.24) is 0 Å². The number of rotatable bonds is 5. The third-order valence-corrected chi connectivity index (χ3v) is 3.31. The van der Waals surface area contributed by atoms with Gasteiger partial charge in [0.15, 0.2) is 5.78 Å². The maximum atomic E-state index is 12.3. The number of ether oxygens (including phenoxy) is 1. The van der Waals surface area contributed by atoms with Crippen LogP contribution >= 0.6 is 0 Å². The predicted octanol–water partition coefficient (Wildman–Crippen LogP) is 2.87. The first-order valence-electron chi connectivity index (χ1n) is 6.19. The Balaban J connectivity index is 3.09. The summed E-state index contributed by atoms with van der Waals surface area (Å²) in [7, 11) is 1.59. The van der Waals surface area contributed by atoms with E-state index >= 15 is 0 Å². The Morgan fingerprint density at radius 1 is 1.28 bits per heavy atom. The number of hydrogen-bond donors (Lipinski definition) is 1. The van der Waals surface area contributed by atoms with Gasteiger partial charge in [0.25, 0.3) is 0 Å². The first-order chi connectivity index (χ1) is 8.30. The van der Waals surface area contributed by atoms with E-state index in [1.165, 1.54) is 0 Å². The Bertz CT molecular complexity index is 450. The Labute approximate surface area is 109 Å². The smallest absolute Gasteiger partial charge is 0.167 e. The molecule has 0 aliphatic carbocycles. The zero-order valence-electron chi connectivity index (χ0n) is 12.0. The molecule has 100 valence electrons. The minimum absolute atomic E-state index is 0.0883. The van der Waals surface area contributed by atoms with E-state index < -0.39 is 0 Å². The minimum Gasteiger partial charge on any atom is -0.496 e. The molecule has 0 fully saturated rings. The van der Waals surface area contributed by atoms with Gasteiger partial charge in [-0.25, -0.2) is 0 Å². The lowest BCUT2D eigenvalue weighted by Crippen LogP contribution is -2.26. The van der Waals surface area contributed by atoms with Crippen LogP contribution < -0.4 is 10.5 Å². The van der Waals surface area contributed by atoms with Crippen LogP contribution in [0.1, 0.15) is 41.8 Å². The number of ketones is 1. The highest BCUT2D eigenvalue weighted by Crippen LogP contribution is 2.28. The van der Waals surface area contributed by atoms with Crippen molar-refractivity contribution >= 4 is 5.78 Å². The van der Waals surface area contributed by atoms with Crippen molar-refractivity contribution < 1.29 is 9.53 Å². The van der Waals surface area contributed by atoms with Crippen molar-refractivity contribution in [3.8, 4) is 5.75 Å². The Hall–Kier alpha value is -1.35. The van der Waals surface area contributed by atoms with E-state index in [2.05, 4.69) is 0 Å². The van der Waals surface area contributed by atoms with E-state index in [1.807, 2.05) is 39.8 Å². The van der Waals surface area contributed by atoms with Crippen LogP contribution in [-0.4, -0.2) is 19.4 Å². The first-order valence-corrected chi connectivity index (χ1v) is 6.19. The molecule has 0 spiro atoms. The lowest BCUT2D eigenvalue weighted by molar-refractivity contribution is 0.0931. The summed E-state index contributed by atoms with van der Waals surface area (Å²) in [6.45, 7) is 8.50. The standard InChI is InChI=1S/C15H23NO2/c1-10-6-12(14(18-5)7-11(10)2)13(17)8-15(3,4)9-16/h6-7H,8-9,16H2,1-5H3. The van der Waals surface area contributed by atoms with E-state index in [1.54, 1.807) is 7.11 Å². The number of methoxy groups -OCH3 is 1. The maximum absolute atomic E-state index is 12.3. The fourth-order valence-corrected chi connectivity index (χ4v) is 1.78. The molecule has 0 aliphatic heterocycles. The average Bonchev–Trinajstić information content (AvgIpc) is 2.31. The number of aryl methyl sites for hydroxylation is 2. The number of carbonyl (C=O) groups excluding carboxylic acids is 1. The monoisotopic (exact) mass is 249 g/mol. The van der Waals surface area contributed by atoms with Gasteiger partial charge in [-0.2, -0.15) is 0 Å². The zero-order chi connectivity index (χ0) is 13.9. The van der Waals surface area contributed by atoms with Crippen LogP contribution in [-0.2, 0) is 0 Å². The van der Waals surface area contributed by atoms with Crippen molar-refractivity contribution in [1.29, 1.82) is 0 Å². The Morgan fingerprint density at radius 2 is 1.83 bits per heavy atom. The summed E-state index contributed by atoms with van der Waals surface area (Å²) in [6.07, 6.45) is 0.433. The highest BCUT2D eigenvalue weighted by Gasteiger charge is 2.23. The lowest BCUT2D eigenvalue weighted by atomic mass is 9.85. The molecule has 0 saturated heterocycles. The quantitative estimate of drug-likeness (QED) is 0.816. The molecular weight excluding hydrogens is 226 g/mol. The summed E-state index contributed by atoms with van der Waals surface area (Å²) < 4.78 is 5.30. The molecule has 1 aromatic rings.